The maximum absolute atomic E-state index is 15.0. The lowest BCUT2D eigenvalue weighted by Gasteiger charge is -2.33. The van der Waals surface area contributed by atoms with Gasteiger partial charge in [-0.15, -0.1) is 0 Å². The highest BCUT2D eigenvalue weighted by atomic mass is 35.5. The van der Waals surface area contributed by atoms with Gasteiger partial charge in [-0.3, -0.25) is 24.0 Å². The van der Waals surface area contributed by atoms with E-state index in [0.717, 1.165) is 64.2 Å². The Morgan fingerprint density at radius 3 is 2.36 bits per heavy atom. The monoisotopic (exact) mass is 757 g/mol. The number of carbonyl (C=O) groups excluding carboxylic acids is 5. The van der Waals surface area contributed by atoms with Crippen LogP contribution in [0.5, 0.6) is 5.75 Å². The normalized spacial score (nSPS) is 24.2. The molecule has 53 heavy (non-hydrogen) atoms. The number of likely N-dealkylation sites (tertiary alicyclic amines) is 1. The zero-order chi connectivity index (χ0) is 37.9. The third kappa shape index (κ3) is 9.32. The van der Waals surface area contributed by atoms with E-state index in [9.17, 15) is 24.0 Å². The van der Waals surface area contributed by atoms with E-state index in [-0.39, 0.29) is 66.5 Å². The lowest BCUT2D eigenvalue weighted by Crippen LogP contribution is -2.57. The number of carbonyl (C=O) groups is 5. The third-order valence-corrected chi connectivity index (χ3v) is 11.7. The van der Waals surface area contributed by atoms with Gasteiger partial charge in [-0.25, -0.2) is 4.39 Å². The van der Waals surface area contributed by atoms with Crippen molar-refractivity contribution in [2.75, 3.05) is 13.2 Å². The molecular formula is C39H53ClFN5O7. The second-order valence-corrected chi connectivity index (χ2v) is 16.5. The molecule has 3 aliphatic carbocycles. The summed E-state index contributed by atoms with van der Waals surface area (Å²) in [6, 6.07) is -0.296. The Morgan fingerprint density at radius 1 is 1.02 bits per heavy atom. The number of halogens is 2. The van der Waals surface area contributed by atoms with Crippen molar-refractivity contribution in [2.45, 2.75) is 140 Å². The van der Waals surface area contributed by atoms with Crippen LogP contribution in [-0.4, -0.2) is 82.9 Å². The van der Waals surface area contributed by atoms with Crippen LogP contribution < -0.4 is 20.7 Å². The first kappa shape index (κ1) is 39.0. The van der Waals surface area contributed by atoms with E-state index >= 15 is 4.39 Å². The molecular weight excluding hydrogens is 705 g/mol. The third-order valence-electron chi connectivity index (χ3n) is 11.5. The van der Waals surface area contributed by atoms with Gasteiger partial charge in [-0.05, 0) is 68.9 Å². The van der Waals surface area contributed by atoms with Crippen LogP contribution in [0.25, 0.3) is 0 Å². The summed E-state index contributed by atoms with van der Waals surface area (Å²) in [5.41, 5.74) is -0.390. The largest absolute Gasteiger partial charge is 0.489 e. The zero-order valence-electron chi connectivity index (χ0n) is 31.0. The van der Waals surface area contributed by atoms with Gasteiger partial charge in [0.15, 0.2) is 17.2 Å². The Balaban J connectivity index is 1.24. The number of rotatable bonds is 15. The minimum absolute atomic E-state index is 0.0181. The Morgan fingerprint density at radius 2 is 1.74 bits per heavy atom. The number of nitrogens with zero attached hydrogens (tertiary/aromatic N) is 2. The van der Waals surface area contributed by atoms with Gasteiger partial charge in [0.1, 0.15) is 12.1 Å². The Bertz CT molecular complexity index is 1580. The molecule has 3 saturated carbocycles. The molecule has 4 atom stereocenters. The maximum atomic E-state index is 15.0. The second-order valence-electron chi connectivity index (χ2n) is 16.1. The van der Waals surface area contributed by atoms with E-state index in [1.54, 1.807) is 13.0 Å². The molecule has 4 fully saturated rings. The first-order valence-electron chi connectivity index (χ1n) is 19.5. The van der Waals surface area contributed by atoms with E-state index < -0.39 is 53.0 Å². The number of benzene rings is 1. The first-order chi connectivity index (χ1) is 25.4. The molecule has 0 aromatic heterocycles. The highest BCUT2D eigenvalue weighted by Gasteiger charge is 2.55. The number of amides is 4. The minimum atomic E-state index is -1.15. The molecule has 12 nitrogen and oxygen atoms in total. The van der Waals surface area contributed by atoms with Crippen LogP contribution >= 0.6 is 11.6 Å². The summed E-state index contributed by atoms with van der Waals surface area (Å²) in [6.07, 6.45) is 10.6. The second kappa shape index (κ2) is 16.7. The predicted molar refractivity (Wildman–Crippen MR) is 196 cm³/mol. The smallest absolute Gasteiger partial charge is 0.289 e. The zero-order valence-corrected chi connectivity index (χ0v) is 31.8. The van der Waals surface area contributed by atoms with Crippen molar-refractivity contribution < 1.29 is 37.9 Å². The molecule has 2 aliphatic heterocycles. The van der Waals surface area contributed by atoms with Crippen molar-refractivity contribution >= 4 is 46.7 Å². The fourth-order valence-electron chi connectivity index (χ4n) is 8.07. The van der Waals surface area contributed by atoms with Gasteiger partial charge in [-0.1, -0.05) is 69.1 Å². The molecule has 4 amide bonds. The quantitative estimate of drug-likeness (QED) is 0.213. The van der Waals surface area contributed by atoms with Gasteiger partial charge in [0.05, 0.1) is 29.9 Å². The first-order valence-corrected chi connectivity index (χ1v) is 19.9. The van der Waals surface area contributed by atoms with E-state index in [1.807, 2.05) is 13.8 Å². The highest BCUT2D eigenvalue weighted by Crippen LogP contribution is 2.41. The van der Waals surface area contributed by atoms with Crippen LogP contribution in [0.1, 0.15) is 116 Å². The van der Waals surface area contributed by atoms with Gasteiger partial charge in [0, 0.05) is 30.9 Å². The van der Waals surface area contributed by atoms with Crippen molar-refractivity contribution in [3.63, 3.8) is 0 Å². The number of hydrogen-bond donors (Lipinski definition) is 3. The van der Waals surface area contributed by atoms with Gasteiger partial charge in [0.2, 0.25) is 23.5 Å². The van der Waals surface area contributed by atoms with Gasteiger partial charge < -0.3 is 30.4 Å². The molecule has 290 valence electrons. The van der Waals surface area contributed by atoms with Gasteiger partial charge in [0.25, 0.3) is 5.91 Å². The fraction of sp³-hybridized carbons (Fsp3) is 0.692. The lowest BCUT2D eigenvalue weighted by atomic mass is 9.80. The number of Topliss-reactive ketones (excluding diaryl/α,β-unsaturated/α-hetero) is 1. The summed E-state index contributed by atoms with van der Waals surface area (Å²) < 4.78 is 20.4. The topological polar surface area (TPSA) is 156 Å². The standard InChI is InChI=1S/C39H53ClFN5O7/c1-4-52-35-27(40)17-25(18-28(35)41)30-19-39(53-45-30)20-31(36(49)43-29(15-23-11-8-12-23)34(48)37(50)42-26-13-14-26)46(21-39)38(51)33(22(2)3)44-32(47)16-24-9-6-5-7-10-24/h17-18,22-24,26,29,31,33H,4-16,19-21H2,1-3H3,(H,42,50)(H,43,49)(H,44,47)/t29?,31-,33-,39+/m0/s1. The molecule has 1 aromatic carbocycles. The van der Waals surface area contributed by atoms with Crippen molar-refractivity contribution in [1.82, 2.24) is 20.9 Å². The van der Waals surface area contributed by atoms with Crippen molar-refractivity contribution in [2.24, 2.45) is 22.9 Å². The number of ether oxygens (including phenoxy) is 1. The molecule has 3 N–H and O–H groups in total. The summed E-state index contributed by atoms with van der Waals surface area (Å²) >= 11 is 6.36. The number of nitrogens with one attached hydrogen (secondary N) is 3. The van der Waals surface area contributed by atoms with E-state index in [4.69, 9.17) is 21.2 Å². The maximum Gasteiger partial charge on any atom is 0.289 e. The summed E-state index contributed by atoms with van der Waals surface area (Å²) in [6.45, 7) is 5.59. The fourth-order valence-corrected chi connectivity index (χ4v) is 8.34. The van der Waals surface area contributed by atoms with Crippen LogP contribution in [0.15, 0.2) is 17.3 Å². The molecule has 1 spiro atoms. The molecule has 0 radical (unpaired) electrons. The van der Waals surface area contributed by atoms with Gasteiger partial charge >= 0.3 is 0 Å². The molecule has 1 aromatic rings. The molecule has 1 unspecified atom stereocenters. The molecule has 1 saturated heterocycles. The summed E-state index contributed by atoms with van der Waals surface area (Å²) in [5.74, 6) is -3.21. The van der Waals surface area contributed by atoms with Crippen LogP contribution in [-0.2, 0) is 28.8 Å². The average molecular weight is 758 g/mol. The average Bonchev–Trinajstić information content (AvgIpc) is 3.70. The van der Waals surface area contributed by atoms with E-state index in [1.165, 1.54) is 11.0 Å². The van der Waals surface area contributed by atoms with E-state index in [2.05, 4.69) is 21.1 Å². The Hall–Kier alpha value is -3.74. The minimum Gasteiger partial charge on any atom is -0.489 e. The highest BCUT2D eigenvalue weighted by molar-refractivity contribution is 6.38. The molecule has 6 rings (SSSR count). The van der Waals surface area contributed by atoms with Crippen LogP contribution in [0.4, 0.5) is 4.39 Å². The Kier molecular flexibility index (Phi) is 12.3. The Labute approximate surface area is 315 Å². The molecule has 5 aliphatic rings. The van der Waals surface area contributed by atoms with Crippen molar-refractivity contribution in [3.8, 4) is 5.75 Å². The molecule has 2 heterocycles. The summed E-state index contributed by atoms with van der Waals surface area (Å²) in [4.78, 5) is 76.0. The van der Waals surface area contributed by atoms with Gasteiger partial charge in [-0.2, -0.15) is 0 Å². The van der Waals surface area contributed by atoms with E-state index in [0.29, 0.717) is 24.1 Å². The van der Waals surface area contributed by atoms with Crippen molar-refractivity contribution in [1.29, 1.82) is 0 Å². The number of hydrogen-bond acceptors (Lipinski definition) is 8. The number of oxime groups is 1. The predicted octanol–water partition coefficient (Wildman–Crippen LogP) is 4.98. The van der Waals surface area contributed by atoms with Crippen LogP contribution in [0, 0.1) is 23.6 Å². The van der Waals surface area contributed by atoms with Crippen LogP contribution in [0.3, 0.4) is 0 Å². The number of ketones is 1. The summed E-state index contributed by atoms with van der Waals surface area (Å²) in [5, 5.41) is 12.9. The SMILES string of the molecule is CCOc1c(F)cc(C2=NO[C@]3(C2)C[C@@H](C(=O)NC(CC2CCC2)C(=O)C(=O)NC2CC2)N(C(=O)[C@@H](NC(=O)CC2CCCCC2)C(C)C)C3)cc1Cl. The lowest BCUT2D eigenvalue weighted by molar-refractivity contribution is -0.144. The van der Waals surface area contributed by atoms with Crippen LogP contribution in [0.2, 0.25) is 5.02 Å². The molecule has 0 bridgehead atoms. The molecule has 14 heteroatoms. The van der Waals surface area contributed by atoms with Crippen molar-refractivity contribution in [3.05, 3.63) is 28.5 Å². The summed E-state index contributed by atoms with van der Waals surface area (Å²) in [7, 11) is 0.